The Balaban J connectivity index is 2.41. The summed E-state index contributed by atoms with van der Waals surface area (Å²) in [4.78, 5) is 0. The summed E-state index contributed by atoms with van der Waals surface area (Å²) < 4.78 is 17.4. The minimum absolute atomic E-state index is 0.262. The van der Waals surface area contributed by atoms with Crippen LogP contribution in [0.4, 0.5) is 4.39 Å². The van der Waals surface area contributed by atoms with Gasteiger partial charge in [-0.2, -0.15) is 5.26 Å². The van der Waals surface area contributed by atoms with Gasteiger partial charge in [0.25, 0.3) is 0 Å². The Morgan fingerprint density at radius 2 is 2.44 bits per heavy atom. The fourth-order valence-corrected chi connectivity index (χ4v) is 0.830. The molecule has 1 rings (SSSR count). The maximum Gasteiger partial charge on any atom is 0.120 e. The van der Waals surface area contributed by atoms with Gasteiger partial charge in [-0.15, -0.1) is 0 Å². The number of alkyl halides is 1. The second-order valence-corrected chi connectivity index (χ2v) is 2.12. The minimum Gasteiger partial charge on any atom is -0.380 e. The SMILES string of the molecule is N#CC1COCCC1F. The maximum atomic E-state index is 12.5. The van der Waals surface area contributed by atoms with Gasteiger partial charge in [-0.05, 0) is 0 Å². The Bertz CT molecular complexity index is 132. The van der Waals surface area contributed by atoms with Crippen LogP contribution in [0.1, 0.15) is 6.42 Å². The van der Waals surface area contributed by atoms with Crippen molar-refractivity contribution in [2.45, 2.75) is 12.6 Å². The normalized spacial score (nSPS) is 35.6. The topological polar surface area (TPSA) is 33.0 Å². The van der Waals surface area contributed by atoms with E-state index < -0.39 is 12.1 Å². The zero-order valence-corrected chi connectivity index (χ0v) is 5.01. The molecule has 2 atom stereocenters. The molecule has 50 valence electrons. The first-order valence-electron chi connectivity index (χ1n) is 2.96. The van der Waals surface area contributed by atoms with E-state index in [4.69, 9.17) is 10.00 Å². The first kappa shape index (κ1) is 6.50. The van der Waals surface area contributed by atoms with Gasteiger partial charge in [0.2, 0.25) is 0 Å². The summed E-state index contributed by atoms with van der Waals surface area (Å²) in [5.74, 6) is -0.529. The number of halogens is 1. The molecule has 1 fully saturated rings. The lowest BCUT2D eigenvalue weighted by molar-refractivity contribution is 0.0229. The van der Waals surface area contributed by atoms with Crippen LogP contribution >= 0.6 is 0 Å². The Morgan fingerprint density at radius 1 is 1.67 bits per heavy atom. The van der Waals surface area contributed by atoms with Gasteiger partial charge in [0.15, 0.2) is 0 Å². The van der Waals surface area contributed by atoms with Crippen LogP contribution in [-0.2, 0) is 4.74 Å². The second-order valence-electron chi connectivity index (χ2n) is 2.12. The molecule has 1 aliphatic heterocycles. The van der Waals surface area contributed by atoms with Crippen molar-refractivity contribution in [1.82, 2.24) is 0 Å². The summed E-state index contributed by atoms with van der Waals surface area (Å²) in [6.07, 6.45) is -0.596. The van der Waals surface area contributed by atoms with Crippen molar-refractivity contribution in [2.75, 3.05) is 13.2 Å². The van der Waals surface area contributed by atoms with Gasteiger partial charge in [-0.3, -0.25) is 0 Å². The van der Waals surface area contributed by atoms with E-state index in [1.807, 2.05) is 6.07 Å². The summed E-state index contributed by atoms with van der Waals surface area (Å²) >= 11 is 0. The molecule has 0 bridgehead atoms. The molecule has 0 radical (unpaired) electrons. The lowest BCUT2D eigenvalue weighted by Gasteiger charge is -2.19. The van der Waals surface area contributed by atoms with E-state index in [1.165, 1.54) is 0 Å². The molecule has 9 heavy (non-hydrogen) atoms. The zero-order chi connectivity index (χ0) is 6.69. The smallest absolute Gasteiger partial charge is 0.120 e. The fraction of sp³-hybridized carbons (Fsp3) is 0.833. The van der Waals surface area contributed by atoms with Gasteiger partial charge in [0, 0.05) is 13.0 Å². The van der Waals surface area contributed by atoms with Gasteiger partial charge in [0.1, 0.15) is 12.1 Å². The van der Waals surface area contributed by atoms with Gasteiger partial charge in [0.05, 0.1) is 12.7 Å². The molecular weight excluding hydrogens is 121 g/mol. The molecule has 1 heterocycles. The largest absolute Gasteiger partial charge is 0.380 e. The summed E-state index contributed by atoms with van der Waals surface area (Å²) in [5.41, 5.74) is 0. The van der Waals surface area contributed by atoms with E-state index >= 15 is 0 Å². The van der Waals surface area contributed by atoms with E-state index in [1.54, 1.807) is 0 Å². The average molecular weight is 129 g/mol. The first-order chi connectivity index (χ1) is 4.34. The molecular formula is C6H8FNO. The lowest BCUT2D eigenvalue weighted by atomic mass is 10.0. The van der Waals surface area contributed by atoms with E-state index in [9.17, 15) is 4.39 Å². The molecule has 0 aromatic heterocycles. The van der Waals surface area contributed by atoms with Crippen molar-refractivity contribution >= 4 is 0 Å². The summed E-state index contributed by atoms with van der Waals surface area (Å²) in [5, 5.41) is 8.29. The minimum atomic E-state index is -0.969. The Kier molecular flexibility index (Phi) is 2.01. The Morgan fingerprint density at radius 3 is 2.89 bits per heavy atom. The summed E-state index contributed by atoms with van der Waals surface area (Å²) in [6.45, 7) is 0.719. The van der Waals surface area contributed by atoms with E-state index in [0.29, 0.717) is 13.0 Å². The van der Waals surface area contributed by atoms with Crippen LogP contribution in [0.15, 0.2) is 0 Å². The van der Waals surface area contributed by atoms with Crippen LogP contribution in [0.25, 0.3) is 0 Å². The highest BCUT2D eigenvalue weighted by Crippen LogP contribution is 2.16. The molecule has 0 N–H and O–H groups in total. The Labute approximate surface area is 53.2 Å². The van der Waals surface area contributed by atoms with E-state index in [0.717, 1.165) is 0 Å². The molecule has 0 aromatic rings. The molecule has 2 unspecified atom stereocenters. The predicted molar refractivity (Wildman–Crippen MR) is 29.4 cm³/mol. The van der Waals surface area contributed by atoms with Gasteiger partial charge < -0.3 is 4.74 Å². The van der Waals surface area contributed by atoms with Crippen LogP contribution in [0.2, 0.25) is 0 Å². The molecule has 0 aliphatic carbocycles. The van der Waals surface area contributed by atoms with Crippen molar-refractivity contribution in [3.8, 4) is 6.07 Å². The zero-order valence-electron chi connectivity index (χ0n) is 5.01. The third-order valence-electron chi connectivity index (χ3n) is 1.44. The molecule has 1 aliphatic rings. The van der Waals surface area contributed by atoms with Gasteiger partial charge in [-0.1, -0.05) is 0 Å². The van der Waals surface area contributed by atoms with Crippen LogP contribution < -0.4 is 0 Å². The van der Waals surface area contributed by atoms with Crippen molar-refractivity contribution in [3.63, 3.8) is 0 Å². The van der Waals surface area contributed by atoms with Crippen molar-refractivity contribution in [1.29, 1.82) is 5.26 Å². The quantitative estimate of drug-likeness (QED) is 0.486. The number of hydrogen-bond donors (Lipinski definition) is 0. The van der Waals surface area contributed by atoms with Crippen LogP contribution in [0, 0.1) is 17.2 Å². The molecule has 0 aromatic carbocycles. The fourth-order valence-electron chi connectivity index (χ4n) is 0.830. The second kappa shape index (κ2) is 2.79. The van der Waals surface area contributed by atoms with Crippen molar-refractivity contribution in [3.05, 3.63) is 0 Å². The Hall–Kier alpha value is -0.620. The highest BCUT2D eigenvalue weighted by atomic mass is 19.1. The van der Waals surface area contributed by atoms with Crippen LogP contribution in [0.3, 0.4) is 0 Å². The highest BCUT2D eigenvalue weighted by molar-refractivity contribution is 4.90. The molecule has 1 saturated heterocycles. The van der Waals surface area contributed by atoms with E-state index in [2.05, 4.69) is 0 Å². The number of nitrogens with zero attached hydrogens (tertiary/aromatic N) is 1. The molecule has 2 nitrogen and oxygen atoms in total. The molecule has 0 amide bonds. The molecule has 0 saturated carbocycles. The van der Waals surface area contributed by atoms with E-state index in [-0.39, 0.29) is 6.61 Å². The third kappa shape index (κ3) is 1.39. The summed E-state index contributed by atoms with van der Waals surface area (Å²) in [7, 11) is 0. The monoisotopic (exact) mass is 129 g/mol. The van der Waals surface area contributed by atoms with Gasteiger partial charge >= 0.3 is 0 Å². The first-order valence-corrected chi connectivity index (χ1v) is 2.96. The van der Waals surface area contributed by atoms with Gasteiger partial charge in [-0.25, -0.2) is 4.39 Å². The van der Waals surface area contributed by atoms with Crippen LogP contribution in [0.5, 0.6) is 0 Å². The lowest BCUT2D eigenvalue weighted by Crippen LogP contribution is -2.27. The third-order valence-corrected chi connectivity index (χ3v) is 1.44. The average Bonchev–Trinajstić information content (AvgIpc) is 1.89. The highest BCUT2D eigenvalue weighted by Gasteiger charge is 2.24. The number of ether oxygens (including phenoxy) is 1. The van der Waals surface area contributed by atoms with Crippen LogP contribution in [-0.4, -0.2) is 19.4 Å². The summed E-state index contributed by atoms with van der Waals surface area (Å²) in [6, 6.07) is 1.85. The van der Waals surface area contributed by atoms with Crippen molar-refractivity contribution in [2.24, 2.45) is 5.92 Å². The van der Waals surface area contributed by atoms with Crippen molar-refractivity contribution < 1.29 is 9.13 Å². The number of hydrogen-bond acceptors (Lipinski definition) is 2. The molecule has 0 spiro atoms. The number of rotatable bonds is 0. The maximum absolute atomic E-state index is 12.5. The molecule has 3 heteroatoms. The standard InChI is InChI=1S/C6H8FNO/c7-6-1-2-9-4-5(6)3-8/h5-6H,1-2,4H2. The number of nitriles is 1. The predicted octanol–water partition coefficient (Wildman–Crippen LogP) is 0.885.